The van der Waals surface area contributed by atoms with Crippen LogP contribution in [0.25, 0.3) is 21.7 Å². The first-order valence-corrected chi connectivity index (χ1v) is 12.5. The molecule has 0 saturated carbocycles. The summed E-state index contributed by atoms with van der Waals surface area (Å²) in [7, 11) is -1.76. The van der Waals surface area contributed by atoms with Gasteiger partial charge in [-0.1, -0.05) is 50.6 Å². The second-order valence-corrected chi connectivity index (χ2v) is 13.8. The van der Waals surface area contributed by atoms with Crippen LogP contribution in [0.15, 0.2) is 47.4 Å². The Bertz CT molecular complexity index is 1060. The lowest BCUT2D eigenvalue weighted by atomic mass is 10.1. The maximum Gasteiger partial charge on any atom is 0.195 e. The molecular weight excluding hydrogens is 374 g/mol. The molecule has 0 aliphatic heterocycles. The molecule has 0 saturated heterocycles. The zero-order valence-electron chi connectivity index (χ0n) is 16.6. The van der Waals surface area contributed by atoms with Crippen LogP contribution in [0.4, 0.5) is 0 Å². The predicted octanol–water partition coefficient (Wildman–Crippen LogP) is 5.97. The Morgan fingerprint density at radius 2 is 1.78 bits per heavy atom. The normalized spacial score (nSPS) is 12.7. The summed E-state index contributed by atoms with van der Waals surface area (Å²) in [6.45, 7) is 11.9. The maximum atomic E-state index is 13.0. The number of hydrogen-bond donors (Lipinski definition) is 0. The Labute approximate surface area is 166 Å². The lowest BCUT2D eigenvalue weighted by Crippen LogP contribution is -2.41. The van der Waals surface area contributed by atoms with Crippen LogP contribution in [0.1, 0.15) is 26.3 Å². The lowest BCUT2D eigenvalue weighted by molar-refractivity contribution is 0.292. The molecule has 3 rings (SSSR count). The molecule has 0 atom stereocenters. The molecule has 2 aromatic carbocycles. The van der Waals surface area contributed by atoms with E-state index < -0.39 is 8.32 Å². The number of benzene rings is 1. The number of aromatic nitrogens is 1. The van der Waals surface area contributed by atoms with Gasteiger partial charge in [0.25, 0.3) is 0 Å². The van der Waals surface area contributed by atoms with Crippen molar-refractivity contribution in [3.05, 3.63) is 63.4 Å². The van der Waals surface area contributed by atoms with Crippen LogP contribution < -0.4 is 5.43 Å². The van der Waals surface area contributed by atoms with E-state index in [0.717, 1.165) is 17.4 Å². The van der Waals surface area contributed by atoms with E-state index in [-0.39, 0.29) is 10.5 Å². The van der Waals surface area contributed by atoms with Crippen LogP contribution in [-0.2, 0) is 10.8 Å². The highest BCUT2D eigenvalue weighted by atomic mass is 35.5. The fraction of sp³-hybridized carbons (Fsp3) is 0.364. The van der Waals surface area contributed by atoms with Gasteiger partial charge in [-0.25, -0.2) is 0 Å². The number of pyridine rings is 1. The van der Waals surface area contributed by atoms with Crippen molar-refractivity contribution in [2.24, 2.45) is 0 Å². The molecule has 5 heteroatoms. The lowest BCUT2D eigenvalue weighted by Gasteiger charge is -2.36. The van der Waals surface area contributed by atoms with Gasteiger partial charge >= 0.3 is 0 Å². The van der Waals surface area contributed by atoms with Gasteiger partial charge in [0.1, 0.15) is 0 Å². The Morgan fingerprint density at radius 3 is 2.48 bits per heavy atom. The quantitative estimate of drug-likeness (QED) is 0.507. The number of rotatable bonds is 4. The number of halogens is 1. The highest BCUT2D eigenvalue weighted by Gasteiger charge is 2.36. The van der Waals surface area contributed by atoms with E-state index >= 15 is 0 Å². The minimum atomic E-state index is -1.76. The molecule has 0 bridgehead atoms. The highest BCUT2D eigenvalue weighted by molar-refractivity contribution is 6.74. The van der Waals surface area contributed by atoms with E-state index in [0.29, 0.717) is 27.9 Å². The van der Waals surface area contributed by atoms with Crippen molar-refractivity contribution in [1.29, 1.82) is 0 Å². The van der Waals surface area contributed by atoms with Crippen molar-refractivity contribution in [3.8, 4) is 0 Å². The molecule has 1 aromatic heterocycles. The summed E-state index contributed by atoms with van der Waals surface area (Å²) in [5, 5.41) is 2.81. The second kappa shape index (κ2) is 7.34. The van der Waals surface area contributed by atoms with Crippen LogP contribution >= 0.6 is 11.6 Å². The Balaban J connectivity index is 1.94. The molecule has 0 unspecified atom stereocenters. The molecule has 0 fully saturated rings. The maximum absolute atomic E-state index is 13.0. The van der Waals surface area contributed by atoms with Gasteiger partial charge < -0.3 is 4.43 Å². The van der Waals surface area contributed by atoms with Crippen molar-refractivity contribution in [2.45, 2.75) is 45.3 Å². The van der Waals surface area contributed by atoms with Gasteiger partial charge in [-0.15, -0.1) is 0 Å². The predicted molar refractivity (Wildman–Crippen MR) is 117 cm³/mol. The number of fused-ring (bicyclic) bond motifs is 2. The zero-order chi connectivity index (χ0) is 19.8. The zero-order valence-corrected chi connectivity index (χ0v) is 18.4. The SMILES string of the molecule is CC(C)(C)[Si](C)(C)OCCc1ccc2ccc3ncc(Cl)cc3c(=O)c2c1. The van der Waals surface area contributed by atoms with Gasteiger partial charge in [-0.3, -0.25) is 9.78 Å². The number of nitrogens with zero attached hydrogens (tertiary/aromatic N) is 1. The minimum absolute atomic E-state index is 0.0350. The first-order chi connectivity index (χ1) is 12.6. The fourth-order valence-electron chi connectivity index (χ4n) is 2.82. The highest BCUT2D eigenvalue weighted by Crippen LogP contribution is 2.36. The Kier molecular flexibility index (Phi) is 5.44. The molecular formula is C22H26ClNO2Si. The number of hydrogen-bond acceptors (Lipinski definition) is 3. The van der Waals surface area contributed by atoms with Gasteiger partial charge in [-0.2, -0.15) is 0 Å². The van der Waals surface area contributed by atoms with E-state index in [1.807, 2.05) is 24.3 Å². The summed E-state index contributed by atoms with van der Waals surface area (Å²) in [6.07, 6.45) is 2.36. The first kappa shape index (κ1) is 20.0. The first-order valence-electron chi connectivity index (χ1n) is 9.24. The van der Waals surface area contributed by atoms with Crippen LogP contribution in [-0.4, -0.2) is 19.9 Å². The largest absolute Gasteiger partial charge is 0.416 e. The van der Waals surface area contributed by atoms with E-state index in [4.69, 9.17) is 16.0 Å². The molecule has 0 aliphatic carbocycles. The molecule has 0 radical (unpaired) electrons. The van der Waals surface area contributed by atoms with Gasteiger partial charge in [0.05, 0.1) is 10.5 Å². The summed E-state index contributed by atoms with van der Waals surface area (Å²) in [6, 6.07) is 11.6. The molecule has 27 heavy (non-hydrogen) atoms. The van der Waals surface area contributed by atoms with E-state index in [2.05, 4.69) is 44.9 Å². The van der Waals surface area contributed by atoms with Crippen molar-refractivity contribution < 1.29 is 4.43 Å². The van der Waals surface area contributed by atoms with Crippen molar-refractivity contribution in [2.75, 3.05) is 6.61 Å². The molecule has 0 N–H and O–H groups in total. The molecule has 0 aliphatic rings. The topological polar surface area (TPSA) is 39.2 Å². The molecule has 0 amide bonds. The smallest absolute Gasteiger partial charge is 0.195 e. The van der Waals surface area contributed by atoms with Crippen molar-refractivity contribution in [1.82, 2.24) is 4.98 Å². The standard InChI is InChI=1S/C22H26ClNO2Si/c1-22(2,3)27(4,5)26-11-10-15-6-7-16-8-9-20-19(13-17(23)14-24-20)21(25)18(16)12-15/h6-9,12-14H,10-11H2,1-5H3. The van der Waals surface area contributed by atoms with Crippen LogP contribution in [0, 0.1) is 0 Å². The molecule has 3 aromatic rings. The van der Waals surface area contributed by atoms with Gasteiger partial charge in [0.15, 0.2) is 13.7 Å². The summed E-state index contributed by atoms with van der Waals surface area (Å²) in [5.74, 6) is 0. The van der Waals surface area contributed by atoms with E-state index in [9.17, 15) is 4.79 Å². The Hall–Kier alpha value is -1.75. The molecule has 0 spiro atoms. The second-order valence-electron chi connectivity index (χ2n) is 8.53. The molecule has 3 nitrogen and oxygen atoms in total. The van der Waals surface area contributed by atoms with Gasteiger partial charge in [-0.05, 0) is 53.7 Å². The van der Waals surface area contributed by atoms with Crippen molar-refractivity contribution in [3.63, 3.8) is 0 Å². The van der Waals surface area contributed by atoms with Gasteiger partial charge in [0.2, 0.25) is 0 Å². The third kappa shape index (κ3) is 4.23. The van der Waals surface area contributed by atoms with Crippen LogP contribution in [0.2, 0.25) is 23.2 Å². The summed E-state index contributed by atoms with van der Waals surface area (Å²) in [5.41, 5.74) is 1.73. The third-order valence-electron chi connectivity index (χ3n) is 5.57. The summed E-state index contributed by atoms with van der Waals surface area (Å²) < 4.78 is 6.28. The summed E-state index contributed by atoms with van der Waals surface area (Å²) in [4.78, 5) is 17.3. The summed E-state index contributed by atoms with van der Waals surface area (Å²) >= 11 is 6.05. The average molecular weight is 400 g/mol. The fourth-order valence-corrected chi connectivity index (χ4v) is 4.02. The third-order valence-corrected chi connectivity index (χ3v) is 10.3. The minimum Gasteiger partial charge on any atom is -0.416 e. The molecule has 1 heterocycles. The van der Waals surface area contributed by atoms with E-state index in [1.54, 1.807) is 12.3 Å². The Morgan fingerprint density at radius 1 is 1.07 bits per heavy atom. The van der Waals surface area contributed by atoms with Crippen LogP contribution in [0.5, 0.6) is 0 Å². The van der Waals surface area contributed by atoms with Crippen molar-refractivity contribution >= 4 is 41.6 Å². The van der Waals surface area contributed by atoms with E-state index in [1.165, 1.54) is 0 Å². The monoisotopic (exact) mass is 399 g/mol. The van der Waals surface area contributed by atoms with Gasteiger partial charge in [0, 0.05) is 23.6 Å². The average Bonchev–Trinajstić information content (AvgIpc) is 2.71. The molecule has 142 valence electrons. The van der Waals surface area contributed by atoms with Crippen LogP contribution in [0.3, 0.4) is 0 Å².